The molecular formula is C26H25F3N6O2. The van der Waals surface area contributed by atoms with E-state index in [4.69, 9.17) is 5.73 Å². The maximum Gasteiger partial charge on any atom is 0.416 e. The van der Waals surface area contributed by atoms with Gasteiger partial charge in [0.1, 0.15) is 17.8 Å². The van der Waals surface area contributed by atoms with Crippen molar-refractivity contribution in [2.75, 3.05) is 10.6 Å². The monoisotopic (exact) mass is 510 g/mol. The molecule has 192 valence electrons. The van der Waals surface area contributed by atoms with Crippen molar-refractivity contribution in [1.29, 1.82) is 0 Å². The summed E-state index contributed by atoms with van der Waals surface area (Å²) in [7, 11) is 0. The van der Waals surface area contributed by atoms with Crippen LogP contribution in [0, 0.1) is 0 Å². The van der Waals surface area contributed by atoms with Crippen LogP contribution in [0.15, 0.2) is 61.1 Å². The SMILES string of the molecule is NC(=O)c1ccc(-n2ccc3c(Nc4ccc(C(F)(F)F)cc4)ncnc32)cc1NC1CCC(O)CC1. The number of benzene rings is 2. The minimum atomic E-state index is -4.41. The van der Waals surface area contributed by atoms with Crippen molar-refractivity contribution in [3.05, 3.63) is 72.2 Å². The van der Waals surface area contributed by atoms with Crippen LogP contribution >= 0.6 is 0 Å². The van der Waals surface area contributed by atoms with Crippen LogP contribution in [0.4, 0.5) is 30.4 Å². The molecular weight excluding hydrogens is 485 g/mol. The number of halogens is 3. The highest BCUT2D eigenvalue weighted by Gasteiger charge is 2.30. The van der Waals surface area contributed by atoms with Crippen LogP contribution in [0.1, 0.15) is 41.6 Å². The fourth-order valence-electron chi connectivity index (χ4n) is 4.60. The number of nitrogens with zero attached hydrogens (tertiary/aromatic N) is 3. The van der Waals surface area contributed by atoms with E-state index in [2.05, 4.69) is 20.6 Å². The fraction of sp³-hybridized carbons (Fsp3) is 0.269. The zero-order valence-electron chi connectivity index (χ0n) is 19.7. The topological polar surface area (TPSA) is 118 Å². The summed E-state index contributed by atoms with van der Waals surface area (Å²) in [6.45, 7) is 0. The Balaban J connectivity index is 1.45. The van der Waals surface area contributed by atoms with Crippen molar-refractivity contribution < 1.29 is 23.1 Å². The molecule has 37 heavy (non-hydrogen) atoms. The van der Waals surface area contributed by atoms with Gasteiger partial charge in [-0.1, -0.05) is 0 Å². The number of fused-ring (bicyclic) bond motifs is 1. The summed E-state index contributed by atoms with van der Waals surface area (Å²) >= 11 is 0. The first-order chi connectivity index (χ1) is 17.7. The summed E-state index contributed by atoms with van der Waals surface area (Å²) in [6, 6.07) is 11.9. The number of hydrogen-bond donors (Lipinski definition) is 4. The maximum absolute atomic E-state index is 12.9. The van der Waals surface area contributed by atoms with Gasteiger partial charge in [-0.2, -0.15) is 13.2 Å². The number of aromatic nitrogens is 3. The molecule has 0 atom stereocenters. The average molecular weight is 511 g/mol. The Bertz CT molecular complexity index is 1430. The third-order valence-corrected chi connectivity index (χ3v) is 6.56. The van der Waals surface area contributed by atoms with E-state index in [1.807, 2.05) is 10.6 Å². The van der Waals surface area contributed by atoms with E-state index >= 15 is 0 Å². The molecule has 1 fully saturated rings. The Morgan fingerprint density at radius 2 is 1.76 bits per heavy atom. The second-order valence-electron chi connectivity index (χ2n) is 9.09. The molecule has 0 bridgehead atoms. The van der Waals surface area contributed by atoms with Crippen LogP contribution in [0.25, 0.3) is 16.7 Å². The van der Waals surface area contributed by atoms with Gasteiger partial charge in [0.05, 0.1) is 22.6 Å². The highest BCUT2D eigenvalue weighted by molar-refractivity contribution is 5.99. The van der Waals surface area contributed by atoms with Crippen LogP contribution < -0.4 is 16.4 Å². The average Bonchev–Trinajstić information content (AvgIpc) is 3.30. The number of alkyl halides is 3. The van der Waals surface area contributed by atoms with Crippen LogP contribution in [0.3, 0.4) is 0 Å². The van der Waals surface area contributed by atoms with E-state index in [0.717, 1.165) is 30.7 Å². The molecule has 5 rings (SSSR count). The molecule has 2 heterocycles. The first-order valence-electron chi connectivity index (χ1n) is 11.8. The van der Waals surface area contributed by atoms with E-state index in [9.17, 15) is 23.1 Å². The van der Waals surface area contributed by atoms with Crippen molar-refractivity contribution in [3.63, 3.8) is 0 Å². The van der Waals surface area contributed by atoms with Gasteiger partial charge in [-0.15, -0.1) is 0 Å². The molecule has 2 aromatic heterocycles. The third kappa shape index (κ3) is 5.21. The molecule has 1 amide bonds. The van der Waals surface area contributed by atoms with Gasteiger partial charge in [0.15, 0.2) is 0 Å². The van der Waals surface area contributed by atoms with E-state index in [0.29, 0.717) is 46.6 Å². The lowest BCUT2D eigenvalue weighted by Crippen LogP contribution is -2.29. The zero-order chi connectivity index (χ0) is 26.2. The molecule has 0 radical (unpaired) electrons. The van der Waals surface area contributed by atoms with Crippen LogP contribution in [-0.4, -0.2) is 37.7 Å². The number of hydrogen-bond acceptors (Lipinski definition) is 6. The lowest BCUT2D eigenvalue weighted by molar-refractivity contribution is -0.137. The predicted octanol–water partition coefficient (Wildman–Crippen LogP) is 5.00. The van der Waals surface area contributed by atoms with Crippen LogP contribution in [-0.2, 0) is 6.18 Å². The Kier molecular flexibility index (Phi) is 6.46. The zero-order valence-corrected chi connectivity index (χ0v) is 19.7. The van der Waals surface area contributed by atoms with Crippen molar-refractivity contribution in [2.45, 2.75) is 44.0 Å². The summed E-state index contributed by atoms with van der Waals surface area (Å²) in [5, 5.41) is 16.9. The Morgan fingerprint density at radius 3 is 2.43 bits per heavy atom. The molecule has 2 aromatic carbocycles. The number of aliphatic hydroxyl groups is 1. The standard InChI is InChI=1S/C26H25F3N6O2/c27-26(28,29)15-1-3-17(4-2-15)34-24-21-11-12-35(25(21)32-14-31-24)18-7-10-20(23(30)37)22(13-18)33-16-5-8-19(36)9-6-16/h1-4,7,10-14,16,19,33,36H,5-6,8-9H2,(H2,30,37)(H,31,32,34). The van der Waals surface area contributed by atoms with Crippen molar-refractivity contribution in [2.24, 2.45) is 5.73 Å². The van der Waals surface area contributed by atoms with Crippen molar-refractivity contribution >= 4 is 34.1 Å². The Morgan fingerprint density at radius 1 is 1.03 bits per heavy atom. The predicted molar refractivity (Wildman–Crippen MR) is 134 cm³/mol. The number of anilines is 3. The normalized spacial score (nSPS) is 18.1. The second kappa shape index (κ2) is 9.74. The van der Waals surface area contributed by atoms with E-state index in [1.54, 1.807) is 24.4 Å². The fourth-order valence-corrected chi connectivity index (χ4v) is 4.60. The molecule has 4 aromatic rings. The molecule has 0 saturated heterocycles. The number of aliphatic hydroxyl groups excluding tert-OH is 1. The highest BCUT2D eigenvalue weighted by atomic mass is 19.4. The molecule has 11 heteroatoms. The largest absolute Gasteiger partial charge is 0.416 e. The van der Waals surface area contributed by atoms with Gasteiger partial charge in [0.2, 0.25) is 0 Å². The summed E-state index contributed by atoms with van der Waals surface area (Å²) in [4.78, 5) is 20.7. The van der Waals surface area contributed by atoms with Gasteiger partial charge in [0.25, 0.3) is 5.91 Å². The smallest absolute Gasteiger partial charge is 0.393 e. The molecule has 5 N–H and O–H groups in total. The molecule has 8 nitrogen and oxygen atoms in total. The minimum absolute atomic E-state index is 0.111. The Hall–Kier alpha value is -4.12. The lowest BCUT2D eigenvalue weighted by atomic mass is 9.92. The van der Waals surface area contributed by atoms with E-state index in [1.165, 1.54) is 18.5 Å². The van der Waals surface area contributed by atoms with Gasteiger partial charge in [-0.25, -0.2) is 9.97 Å². The molecule has 1 aliphatic carbocycles. The van der Waals surface area contributed by atoms with E-state index < -0.39 is 17.6 Å². The second-order valence-corrected chi connectivity index (χ2v) is 9.09. The van der Waals surface area contributed by atoms with Crippen LogP contribution in [0.5, 0.6) is 0 Å². The number of nitrogens with one attached hydrogen (secondary N) is 2. The van der Waals surface area contributed by atoms with E-state index in [-0.39, 0.29) is 12.1 Å². The van der Waals surface area contributed by atoms with Gasteiger partial charge >= 0.3 is 6.18 Å². The van der Waals surface area contributed by atoms with Gasteiger partial charge in [0, 0.05) is 29.3 Å². The summed E-state index contributed by atoms with van der Waals surface area (Å²) in [5.41, 5.74) is 7.61. The number of amides is 1. The lowest BCUT2D eigenvalue weighted by Gasteiger charge is -2.28. The first-order valence-corrected chi connectivity index (χ1v) is 11.8. The minimum Gasteiger partial charge on any atom is -0.393 e. The number of carbonyl (C=O) groups excluding carboxylic acids is 1. The highest BCUT2D eigenvalue weighted by Crippen LogP contribution is 2.32. The molecule has 0 unspecified atom stereocenters. The number of carbonyl (C=O) groups is 1. The third-order valence-electron chi connectivity index (χ3n) is 6.56. The molecule has 0 spiro atoms. The number of nitrogens with two attached hydrogens (primary N) is 1. The summed E-state index contributed by atoms with van der Waals surface area (Å²) in [6.07, 6.45) is 1.41. The Labute approximate surface area is 210 Å². The van der Waals surface area contributed by atoms with Gasteiger partial charge in [-0.3, -0.25) is 4.79 Å². The summed E-state index contributed by atoms with van der Waals surface area (Å²) < 4.78 is 40.5. The van der Waals surface area contributed by atoms with Crippen molar-refractivity contribution in [3.8, 4) is 5.69 Å². The first kappa shape index (κ1) is 24.6. The van der Waals surface area contributed by atoms with Gasteiger partial charge in [-0.05, 0) is 74.2 Å². The molecule has 1 saturated carbocycles. The number of rotatable bonds is 6. The quantitative estimate of drug-likeness (QED) is 0.290. The van der Waals surface area contributed by atoms with Crippen molar-refractivity contribution in [1.82, 2.24) is 14.5 Å². The maximum atomic E-state index is 12.9. The summed E-state index contributed by atoms with van der Waals surface area (Å²) in [5.74, 6) is -0.107. The van der Waals surface area contributed by atoms with Gasteiger partial charge < -0.3 is 26.0 Å². The number of primary amides is 1. The van der Waals surface area contributed by atoms with Crippen LogP contribution in [0.2, 0.25) is 0 Å². The molecule has 1 aliphatic rings. The molecule has 0 aliphatic heterocycles.